The third kappa shape index (κ3) is 6.13. The smallest absolute Gasteiger partial charge is 0.416 e. The van der Waals surface area contributed by atoms with E-state index in [9.17, 15) is 35.9 Å². The first-order chi connectivity index (χ1) is 15.8. The minimum atomic E-state index is -4.91. The summed E-state index contributed by atoms with van der Waals surface area (Å²) >= 11 is 0. The molecule has 12 heteroatoms. The fraction of sp³-hybridized carbons (Fsp3) is 0.636. The van der Waals surface area contributed by atoms with Crippen LogP contribution < -0.4 is 5.32 Å². The molecule has 2 fully saturated rings. The lowest BCUT2D eigenvalue weighted by atomic mass is 9.82. The molecule has 1 aromatic rings. The van der Waals surface area contributed by atoms with E-state index in [4.69, 9.17) is 4.74 Å². The van der Waals surface area contributed by atoms with E-state index in [1.807, 2.05) is 6.92 Å². The predicted molar refractivity (Wildman–Crippen MR) is 107 cm³/mol. The number of halogens is 6. The molecule has 0 bridgehead atoms. The summed E-state index contributed by atoms with van der Waals surface area (Å²) in [5.41, 5.74) is -2.89. The number of hydrogen-bond donors (Lipinski definition) is 1. The molecule has 0 radical (unpaired) electrons. The fourth-order valence-electron chi connectivity index (χ4n) is 4.29. The highest BCUT2D eigenvalue weighted by Crippen LogP contribution is 2.36. The maximum absolute atomic E-state index is 13.1. The summed E-state index contributed by atoms with van der Waals surface area (Å²) in [6, 6.07) is 0.957. The first-order valence-corrected chi connectivity index (χ1v) is 10.9. The van der Waals surface area contributed by atoms with Gasteiger partial charge in [0.25, 0.3) is 0 Å². The number of ether oxygens (including phenoxy) is 2. The van der Waals surface area contributed by atoms with Gasteiger partial charge in [-0.15, -0.1) is 0 Å². The van der Waals surface area contributed by atoms with Gasteiger partial charge >= 0.3 is 24.4 Å². The Morgan fingerprint density at radius 2 is 1.62 bits per heavy atom. The van der Waals surface area contributed by atoms with Crippen molar-refractivity contribution in [2.45, 2.75) is 69.7 Å². The summed E-state index contributed by atoms with van der Waals surface area (Å²) in [4.78, 5) is 25.6. The first kappa shape index (κ1) is 26.1. The summed E-state index contributed by atoms with van der Waals surface area (Å²) in [6.07, 6.45) is -8.94. The molecule has 1 saturated carbocycles. The van der Waals surface area contributed by atoms with E-state index < -0.39 is 35.7 Å². The Bertz CT molecular complexity index is 866. The highest BCUT2D eigenvalue weighted by Gasteiger charge is 2.41. The van der Waals surface area contributed by atoms with E-state index in [1.54, 1.807) is 0 Å². The standard InChI is InChI=1S/C22H26F6N2O4/c1-3-17-9-16(11-30(17)20(32)34-18-6-13(7-18)19(31)33-2)29-10-12-4-14(21(23,24)25)8-15(5-12)22(26,27)28/h4-5,8,13,16-18,29H,3,6-7,9-11H2,1-2H3/t13?,16-,17+,18?/m0/s1. The number of carbonyl (C=O) groups excluding carboxylic acids is 2. The van der Waals surface area contributed by atoms with E-state index in [2.05, 4.69) is 10.1 Å². The number of hydrogen-bond acceptors (Lipinski definition) is 5. The zero-order chi connectivity index (χ0) is 25.3. The lowest BCUT2D eigenvalue weighted by molar-refractivity contribution is -0.153. The van der Waals surface area contributed by atoms with Gasteiger partial charge in [-0.3, -0.25) is 4.79 Å². The van der Waals surface area contributed by atoms with Crippen LogP contribution >= 0.6 is 0 Å². The Morgan fingerprint density at radius 3 is 2.12 bits per heavy atom. The molecule has 0 aromatic heterocycles. The number of carbonyl (C=O) groups is 2. The first-order valence-electron chi connectivity index (χ1n) is 10.9. The van der Waals surface area contributed by atoms with Crippen LogP contribution in [0.25, 0.3) is 0 Å². The van der Waals surface area contributed by atoms with Gasteiger partial charge in [0.15, 0.2) is 0 Å². The van der Waals surface area contributed by atoms with Gasteiger partial charge < -0.3 is 19.7 Å². The molecule has 6 nitrogen and oxygen atoms in total. The minimum Gasteiger partial charge on any atom is -0.469 e. The fourth-order valence-corrected chi connectivity index (χ4v) is 4.29. The van der Waals surface area contributed by atoms with Crippen LogP contribution in [0.3, 0.4) is 0 Å². The summed E-state index contributed by atoms with van der Waals surface area (Å²) in [5, 5.41) is 2.97. The lowest BCUT2D eigenvalue weighted by Gasteiger charge is -2.34. The average Bonchev–Trinajstić information content (AvgIpc) is 3.16. The Balaban J connectivity index is 1.60. The van der Waals surface area contributed by atoms with E-state index in [1.165, 1.54) is 12.0 Å². The van der Waals surface area contributed by atoms with Gasteiger partial charge in [0.2, 0.25) is 0 Å². The number of nitrogens with one attached hydrogen (secondary N) is 1. The molecule has 1 aliphatic heterocycles. The Hall–Kier alpha value is -2.50. The van der Waals surface area contributed by atoms with Crippen molar-refractivity contribution in [2.24, 2.45) is 5.92 Å². The third-order valence-electron chi connectivity index (χ3n) is 6.26. The maximum atomic E-state index is 13.1. The molecule has 190 valence electrons. The number of benzene rings is 1. The van der Waals surface area contributed by atoms with Crippen molar-refractivity contribution in [2.75, 3.05) is 13.7 Å². The number of alkyl halides is 6. The molecule has 34 heavy (non-hydrogen) atoms. The number of rotatable bonds is 6. The summed E-state index contributed by atoms with van der Waals surface area (Å²) in [7, 11) is 1.29. The van der Waals surface area contributed by atoms with E-state index >= 15 is 0 Å². The Morgan fingerprint density at radius 1 is 1.03 bits per heavy atom. The van der Waals surface area contributed by atoms with Gasteiger partial charge in [0.1, 0.15) is 6.10 Å². The zero-order valence-electron chi connectivity index (χ0n) is 18.6. The molecule has 0 spiro atoms. The van der Waals surface area contributed by atoms with Gasteiger partial charge in [0, 0.05) is 25.2 Å². The van der Waals surface area contributed by atoms with Crippen molar-refractivity contribution in [1.29, 1.82) is 0 Å². The van der Waals surface area contributed by atoms with Crippen molar-refractivity contribution in [1.82, 2.24) is 10.2 Å². The second kappa shape index (κ2) is 10.0. The third-order valence-corrected chi connectivity index (χ3v) is 6.26. The van der Waals surface area contributed by atoms with Gasteiger partial charge in [-0.2, -0.15) is 26.3 Å². The van der Waals surface area contributed by atoms with Crippen LogP contribution in [0.2, 0.25) is 0 Å². The number of nitrogens with zero attached hydrogens (tertiary/aromatic N) is 1. The molecule has 1 aromatic carbocycles. The van der Waals surface area contributed by atoms with E-state index in [-0.39, 0.29) is 48.7 Å². The van der Waals surface area contributed by atoms with Gasteiger partial charge in [-0.25, -0.2) is 4.79 Å². The molecular weight excluding hydrogens is 470 g/mol. The lowest BCUT2D eigenvalue weighted by Crippen LogP contribution is -2.44. The number of esters is 1. The topological polar surface area (TPSA) is 67.9 Å². The van der Waals surface area contributed by atoms with Crippen LogP contribution in [-0.4, -0.2) is 48.8 Å². The molecule has 2 aliphatic rings. The summed E-state index contributed by atoms with van der Waals surface area (Å²) < 4.78 is 88.5. The van der Waals surface area contributed by atoms with Crippen LogP contribution in [0.5, 0.6) is 0 Å². The van der Waals surface area contributed by atoms with Crippen LogP contribution in [0.15, 0.2) is 18.2 Å². The van der Waals surface area contributed by atoms with Crippen molar-refractivity contribution in [3.05, 3.63) is 34.9 Å². The van der Waals surface area contributed by atoms with Gasteiger partial charge in [-0.05, 0) is 49.4 Å². The highest BCUT2D eigenvalue weighted by atomic mass is 19.4. The quantitative estimate of drug-likeness (QED) is 0.455. The molecule has 1 saturated heterocycles. The Kier molecular flexibility index (Phi) is 7.69. The van der Waals surface area contributed by atoms with Crippen molar-refractivity contribution in [3.63, 3.8) is 0 Å². The van der Waals surface area contributed by atoms with Crippen LogP contribution in [0.4, 0.5) is 31.1 Å². The number of methoxy groups -OCH3 is 1. The highest BCUT2D eigenvalue weighted by molar-refractivity contribution is 5.74. The molecule has 3 rings (SSSR count). The largest absolute Gasteiger partial charge is 0.469 e. The monoisotopic (exact) mass is 496 g/mol. The molecule has 1 aliphatic carbocycles. The summed E-state index contributed by atoms with van der Waals surface area (Å²) in [5.74, 6) is -0.653. The zero-order valence-corrected chi connectivity index (χ0v) is 18.6. The Labute approximate surface area is 192 Å². The second-order valence-corrected chi connectivity index (χ2v) is 8.64. The minimum absolute atomic E-state index is 0.0924. The molecular formula is C22H26F6N2O4. The normalized spacial score (nSPS) is 25.1. The summed E-state index contributed by atoms with van der Waals surface area (Å²) in [6.45, 7) is 1.85. The molecule has 0 unspecified atom stereocenters. The number of amides is 1. The van der Waals surface area contributed by atoms with E-state index in [0.717, 1.165) is 0 Å². The second-order valence-electron chi connectivity index (χ2n) is 8.64. The molecule has 1 N–H and O–H groups in total. The van der Waals surface area contributed by atoms with Crippen molar-refractivity contribution in [3.8, 4) is 0 Å². The van der Waals surface area contributed by atoms with Gasteiger partial charge in [-0.1, -0.05) is 6.92 Å². The average molecular weight is 496 g/mol. The molecule has 2 atom stereocenters. The molecule has 1 amide bonds. The SMILES string of the molecule is CC[C@@H]1C[C@H](NCc2cc(C(F)(F)F)cc(C(F)(F)F)c2)CN1C(=O)OC1CC(C(=O)OC)C1. The van der Waals surface area contributed by atoms with Crippen molar-refractivity contribution >= 4 is 12.1 Å². The van der Waals surface area contributed by atoms with Crippen LogP contribution in [-0.2, 0) is 33.2 Å². The predicted octanol–water partition coefficient (Wildman–Crippen LogP) is 4.75. The van der Waals surface area contributed by atoms with E-state index in [0.29, 0.717) is 37.8 Å². The van der Waals surface area contributed by atoms with Crippen LogP contribution in [0, 0.1) is 5.92 Å². The molecule has 1 heterocycles. The van der Waals surface area contributed by atoms with Crippen LogP contribution in [0.1, 0.15) is 49.3 Å². The maximum Gasteiger partial charge on any atom is 0.416 e. The number of likely N-dealkylation sites (tertiary alicyclic amines) is 1. The van der Waals surface area contributed by atoms with Crippen molar-refractivity contribution < 1.29 is 45.4 Å². The van der Waals surface area contributed by atoms with Gasteiger partial charge in [0.05, 0.1) is 24.2 Å².